The van der Waals surface area contributed by atoms with Gasteiger partial charge in [0.25, 0.3) is 0 Å². The zero-order chi connectivity index (χ0) is 21.2. The van der Waals surface area contributed by atoms with E-state index in [9.17, 15) is 26.4 Å². The van der Waals surface area contributed by atoms with Crippen LogP contribution in [-0.2, 0) is 21.0 Å². The smallest absolute Gasteiger partial charge is 0.355 e. The summed E-state index contributed by atoms with van der Waals surface area (Å²) in [6, 6.07) is 10.6. The van der Waals surface area contributed by atoms with Gasteiger partial charge in [-0.15, -0.1) is 0 Å². The molecule has 2 aromatic rings. The van der Waals surface area contributed by atoms with Crippen molar-refractivity contribution in [1.82, 2.24) is 10.0 Å². The van der Waals surface area contributed by atoms with Gasteiger partial charge in [-0.05, 0) is 48.2 Å². The van der Waals surface area contributed by atoms with Crippen LogP contribution < -0.4 is 10.0 Å². The van der Waals surface area contributed by atoms with Crippen LogP contribution in [0.2, 0.25) is 5.02 Å². The molecule has 0 saturated heterocycles. The Balaban J connectivity index is 1.45. The van der Waals surface area contributed by atoms with Crippen molar-refractivity contribution in [3.63, 3.8) is 0 Å². The minimum absolute atomic E-state index is 0.00173. The van der Waals surface area contributed by atoms with Crippen molar-refractivity contribution in [3.8, 4) is 0 Å². The van der Waals surface area contributed by atoms with Crippen LogP contribution in [0.15, 0.2) is 53.4 Å². The maximum atomic E-state index is 12.6. The minimum Gasteiger partial charge on any atom is -0.355 e. The van der Waals surface area contributed by atoms with Crippen molar-refractivity contribution in [2.24, 2.45) is 5.92 Å². The molecule has 0 aromatic heterocycles. The lowest BCUT2D eigenvalue weighted by Crippen LogP contribution is -2.35. The van der Waals surface area contributed by atoms with Crippen molar-refractivity contribution >= 4 is 27.5 Å². The molecule has 5 nitrogen and oxygen atoms in total. The molecule has 0 spiro atoms. The molecule has 1 amide bonds. The summed E-state index contributed by atoms with van der Waals surface area (Å²) in [4.78, 5) is 12.2. The second-order valence-corrected chi connectivity index (χ2v) is 8.92. The molecule has 1 aliphatic rings. The van der Waals surface area contributed by atoms with Gasteiger partial charge in [-0.1, -0.05) is 29.8 Å². The summed E-state index contributed by atoms with van der Waals surface area (Å²) in [5.74, 6) is -0.700. The molecule has 0 aliphatic heterocycles. The summed E-state index contributed by atoms with van der Waals surface area (Å²) in [7, 11) is -3.73. The Labute approximate surface area is 171 Å². The molecule has 156 valence electrons. The molecule has 2 N–H and O–H groups in total. The average Bonchev–Trinajstić information content (AvgIpc) is 3.45. The fourth-order valence-electron chi connectivity index (χ4n) is 2.99. The highest BCUT2D eigenvalue weighted by Crippen LogP contribution is 2.47. The van der Waals surface area contributed by atoms with Gasteiger partial charge in [0.05, 0.1) is 10.5 Å². The summed E-state index contributed by atoms with van der Waals surface area (Å²) < 4.78 is 64.5. The molecule has 2 aromatic carbocycles. The minimum atomic E-state index is -4.39. The van der Waals surface area contributed by atoms with Crippen LogP contribution >= 0.6 is 11.6 Å². The number of rotatable bonds is 7. The maximum Gasteiger partial charge on any atom is 0.416 e. The molecule has 0 bridgehead atoms. The summed E-state index contributed by atoms with van der Waals surface area (Å²) >= 11 is 5.79. The van der Waals surface area contributed by atoms with Crippen LogP contribution in [-0.4, -0.2) is 27.4 Å². The fraction of sp³-hybridized carbons (Fsp3) is 0.316. The van der Waals surface area contributed by atoms with Gasteiger partial charge in [0, 0.05) is 24.0 Å². The van der Waals surface area contributed by atoms with E-state index < -0.39 is 21.8 Å². The highest BCUT2D eigenvalue weighted by molar-refractivity contribution is 7.89. The lowest BCUT2D eigenvalue weighted by atomic mass is 10.1. The molecule has 1 fully saturated rings. The zero-order valence-electron chi connectivity index (χ0n) is 15.0. The van der Waals surface area contributed by atoms with E-state index in [0.29, 0.717) is 17.0 Å². The molecule has 2 atom stereocenters. The number of halogens is 4. The second-order valence-electron chi connectivity index (χ2n) is 6.71. The third-order valence-corrected chi connectivity index (χ3v) is 6.31. The van der Waals surface area contributed by atoms with Gasteiger partial charge in [-0.25, -0.2) is 13.1 Å². The molecule has 2 unspecified atom stereocenters. The van der Waals surface area contributed by atoms with E-state index in [1.54, 1.807) is 6.07 Å². The number of amides is 1. The van der Waals surface area contributed by atoms with Crippen molar-refractivity contribution < 1.29 is 26.4 Å². The molecule has 29 heavy (non-hydrogen) atoms. The van der Waals surface area contributed by atoms with Gasteiger partial charge in [0.2, 0.25) is 15.9 Å². The lowest BCUT2D eigenvalue weighted by Gasteiger charge is -2.09. The number of sulfonamides is 1. The molecule has 10 heteroatoms. The first-order chi connectivity index (χ1) is 13.6. The maximum absolute atomic E-state index is 12.6. The molecule has 1 saturated carbocycles. The van der Waals surface area contributed by atoms with Gasteiger partial charge < -0.3 is 5.32 Å². The first-order valence-corrected chi connectivity index (χ1v) is 10.6. The Kier molecular flexibility index (Phi) is 6.21. The van der Waals surface area contributed by atoms with Crippen molar-refractivity contribution in [2.75, 3.05) is 13.1 Å². The van der Waals surface area contributed by atoms with Crippen molar-refractivity contribution in [1.29, 1.82) is 0 Å². The monoisotopic (exact) mass is 446 g/mol. The van der Waals surface area contributed by atoms with Crippen LogP contribution in [0.1, 0.15) is 23.5 Å². The number of benzene rings is 2. The van der Waals surface area contributed by atoms with E-state index in [4.69, 9.17) is 11.6 Å². The molecular formula is C19H18ClF3N2O3S. The van der Waals surface area contributed by atoms with Gasteiger partial charge >= 0.3 is 6.18 Å². The topological polar surface area (TPSA) is 75.3 Å². The van der Waals surface area contributed by atoms with Crippen LogP contribution in [0.25, 0.3) is 0 Å². The number of nitrogens with one attached hydrogen (secondary N) is 2. The zero-order valence-corrected chi connectivity index (χ0v) is 16.6. The lowest BCUT2D eigenvalue weighted by molar-refractivity contribution is -0.137. The van der Waals surface area contributed by atoms with Crippen LogP contribution in [0.3, 0.4) is 0 Å². The second kappa shape index (κ2) is 8.33. The third-order valence-electron chi connectivity index (χ3n) is 4.62. The quantitative estimate of drug-likeness (QED) is 0.639. The summed E-state index contributed by atoms with van der Waals surface area (Å²) in [5.41, 5.74) is -0.0466. The fourth-order valence-corrected chi connectivity index (χ4v) is 4.32. The molecule has 3 rings (SSSR count). The highest BCUT2D eigenvalue weighted by Gasteiger charge is 2.44. The summed E-state index contributed by atoms with van der Waals surface area (Å²) in [6.07, 6.45) is -3.84. The number of carbonyl (C=O) groups excluding carboxylic acids is 1. The Hall–Kier alpha value is -2.10. The van der Waals surface area contributed by atoms with Crippen molar-refractivity contribution in [2.45, 2.75) is 23.4 Å². The normalized spacial score (nSPS) is 19.0. The number of hydrogen-bond acceptors (Lipinski definition) is 3. The predicted molar refractivity (Wildman–Crippen MR) is 102 cm³/mol. The summed E-state index contributed by atoms with van der Waals surface area (Å²) in [5, 5.41) is 2.94. The standard InChI is InChI=1S/C19H18ClF3N2O3S/c20-14-2-1-3-15(10-14)29(27,28)25-9-8-24-18(26)17-11-16(17)12-4-6-13(7-5-12)19(21,22)23/h1-7,10,16-17,25H,8-9,11H2,(H,24,26). The van der Waals surface area contributed by atoms with Gasteiger partial charge in [-0.3, -0.25) is 4.79 Å². The molecule has 1 aliphatic carbocycles. The van der Waals surface area contributed by atoms with Gasteiger partial charge in [0.1, 0.15) is 0 Å². The van der Waals surface area contributed by atoms with E-state index >= 15 is 0 Å². The van der Waals surface area contributed by atoms with Gasteiger partial charge in [0.15, 0.2) is 0 Å². The van der Waals surface area contributed by atoms with E-state index in [-0.39, 0.29) is 35.7 Å². The first kappa shape index (κ1) is 21.6. The predicted octanol–water partition coefficient (Wildman–Crippen LogP) is 3.56. The summed E-state index contributed by atoms with van der Waals surface area (Å²) in [6.45, 7) is 0.0904. The van der Waals surface area contributed by atoms with Gasteiger partial charge in [-0.2, -0.15) is 13.2 Å². The Morgan fingerprint density at radius 1 is 1.10 bits per heavy atom. The van der Waals surface area contributed by atoms with Crippen molar-refractivity contribution in [3.05, 3.63) is 64.7 Å². The highest BCUT2D eigenvalue weighted by atomic mass is 35.5. The van der Waals surface area contributed by atoms with E-state index in [1.807, 2.05) is 0 Å². The number of alkyl halides is 3. The third kappa shape index (κ3) is 5.49. The van der Waals surface area contributed by atoms with Crippen LogP contribution in [0, 0.1) is 5.92 Å². The van der Waals surface area contributed by atoms with E-state index in [0.717, 1.165) is 12.1 Å². The molecule has 0 heterocycles. The largest absolute Gasteiger partial charge is 0.416 e. The molecule has 0 radical (unpaired) electrons. The average molecular weight is 447 g/mol. The van der Waals surface area contributed by atoms with Crippen LogP contribution in [0.4, 0.5) is 13.2 Å². The molecular weight excluding hydrogens is 429 g/mol. The Morgan fingerprint density at radius 2 is 1.79 bits per heavy atom. The first-order valence-electron chi connectivity index (χ1n) is 8.78. The number of carbonyl (C=O) groups is 1. The van der Waals surface area contributed by atoms with E-state index in [1.165, 1.54) is 30.3 Å². The van der Waals surface area contributed by atoms with Crippen LogP contribution in [0.5, 0.6) is 0 Å². The number of hydrogen-bond donors (Lipinski definition) is 2. The SMILES string of the molecule is O=C(NCCNS(=O)(=O)c1cccc(Cl)c1)C1CC1c1ccc(C(F)(F)F)cc1. The Morgan fingerprint density at radius 3 is 2.41 bits per heavy atom. The van der Waals surface area contributed by atoms with E-state index in [2.05, 4.69) is 10.0 Å². The Bertz CT molecular complexity index is 995.